The summed E-state index contributed by atoms with van der Waals surface area (Å²) in [4.78, 5) is 13.9. The molecule has 0 radical (unpaired) electrons. The second-order valence-electron chi connectivity index (χ2n) is 2.53. The Morgan fingerprint density at radius 3 is 2.92 bits per heavy atom. The molecule has 0 amide bonds. The molecule has 0 spiro atoms. The van der Waals surface area contributed by atoms with E-state index >= 15 is 0 Å². The van der Waals surface area contributed by atoms with E-state index in [2.05, 4.69) is 4.98 Å². The molecule has 0 atom stereocenters. The van der Waals surface area contributed by atoms with Gasteiger partial charge in [-0.05, 0) is 19.4 Å². The number of carbonyl (C=O) groups excluding carboxylic acids is 1. The van der Waals surface area contributed by atoms with Gasteiger partial charge in [-0.25, -0.2) is 4.79 Å². The number of nitriles is 1. The van der Waals surface area contributed by atoms with E-state index in [0.29, 0.717) is 23.4 Å². The van der Waals surface area contributed by atoms with Gasteiger partial charge < -0.3 is 9.72 Å². The molecule has 4 nitrogen and oxygen atoms in total. The van der Waals surface area contributed by atoms with Gasteiger partial charge in [-0.2, -0.15) is 5.26 Å². The van der Waals surface area contributed by atoms with Crippen LogP contribution in [0.5, 0.6) is 0 Å². The first kappa shape index (κ1) is 9.33. The Balaban J connectivity index is 2.97. The molecular formula is C9H10N2O2. The maximum Gasteiger partial charge on any atom is 0.355 e. The number of esters is 1. The molecule has 0 saturated heterocycles. The lowest BCUT2D eigenvalue weighted by Gasteiger charge is -1.99. The van der Waals surface area contributed by atoms with Crippen molar-refractivity contribution < 1.29 is 9.53 Å². The largest absolute Gasteiger partial charge is 0.461 e. The third kappa shape index (κ3) is 1.70. The number of ether oxygens (including phenoxy) is 1. The molecule has 68 valence electrons. The van der Waals surface area contributed by atoms with Crippen molar-refractivity contribution in [3.8, 4) is 6.07 Å². The zero-order valence-corrected chi connectivity index (χ0v) is 7.55. The number of aromatic nitrogens is 1. The number of carbonyl (C=O) groups is 1. The quantitative estimate of drug-likeness (QED) is 0.695. The van der Waals surface area contributed by atoms with Crippen molar-refractivity contribution in [2.75, 3.05) is 6.61 Å². The third-order valence-electron chi connectivity index (χ3n) is 1.74. The van der Waals surface area contributed by atoms with Gasteiger partial charge in [0.1, 0.15) is 11.8 Å². The van der Waals surface area contributed by atoms with Gasteiger partial charge in [0, 0.05) is 6.20 Å². The molecule has 0 aliphatic rings. The summed E-state index contributed by atoms with van der Waals surface area (Å²) in [6, 6.07) is 1.97. The van der Waals surface area contributed by atoms with Crippen LogP contribution in [0.4, 0.5) is 0 Å². The average molecular weight is 178 g/mol. The Labute approximate surface area is 76.1 Å². The topological polar surface area (TPSA) is 65.9 Å². The number of hydrogen-bond acceptors (Lipinski definition) is 3. The Morgan fingerprint density at radius 2 is 2.46 bits per heavy atom. The number of H-pyrrole nitrogens is 1. The van der Waals surface area contributed by atoms with E-state index in [4.69, 9.17) is 10.00 Å². The van der Waals surface area contributed by atoms with Gasteiger partial charge in [0.2, 0.25) is 0 Å². The summed E-state index contributed by atoms with van der Waals surface area (Å²) in [5.41, 5.74) is 1.47. The van der Waals surface area contributed by atoms with Crippen molar-refractivity contribution >= 4 is 5.97 Å². The van der Waals surface area contributed by atoms with E-state index in [1.807, 2.05) is 6.07 Å². The summed E-state index contributed by atoms with van der Waals surface area (Å²) in [5, 5.41) is 8.62. The summed E-state index contributed by atoms with van der Waals surface area (Å²) < 4.78 is 4.79. The van der Waals surface area contributed by atoms with Crippen molar-refractivity contribution in [2.45, 2.75) is 13.8 Å². The maximum absolute atomic E-state index is 11.2. The molecule has 1 aromatic rings. The summed E-state index contributed by atoms with van der Waals surface area (Å²) >= 11 is 0. The number of aromatic amines is 1. The van der Waals surface area contributed by atoms with Crippen LogP contribution in [0.1, 0.15) is 28.5 Å². The van der Waals surface area contributed by atoms with Gasteiger partial charge in [-0.15, -0.1) is 0 Å². The minimum absolute atomic E-state index is 0.333. The van der Waals surface area contributed by atoms with Gasteiger partial charge >= 0.3 is 5.97 Å². The predicted octanol–water partition coefficient (Wildman–Crippen LogP) is 1.37. The second-order valence-corrected chi connectivity index (χ2v) is 2.53. The second kappa shape index (κ2) is 3.76. The molecule has 0 bridgehead atoms. The van der Waals surface area contributed by atoms with E-state index < -0.39 is 5.97 Å². The molecule has 0 unspecified atom stereocenters. The first-order chi connectivity index (χ1) is 6.20. The minimum Gasteiger partial charge on any atom is -0.461 e. The lowest BCUT2D eigenvalue weighted by atomic mass is 10.2. The van der Waals surface area contributed by atoms with Crippen molar-refractivity contribution in [3.63, 3.8) is 0 Å². The molecule has 0 fully saturated rings. The van der Waals surface area contributed by atoms with E-state index in [9.17, 15) is 4.79 Å². The van der Waals surface area contributed by atoms with Crippen molar-refractivity contribution in [2.24, 2.45) is 0 Å². The number of hydrogen-bond donors (Lipinski definition) is 1. The number of rotatable bonds is 2. The molecule has 1 heterocycles. The van der Waals surface area contributed by atoms with Crippen LogP contribution < -0.4 is 0 Å². The van der Waals surface area contributed by atoms with E-state index in [1.54, 1.807) is 13.8 Å². The first-order valence-electron chi connectivity index (χ1n) is 3.95. The summed E-state index contributed by atoms with van der Waals surface area (Å²) in [6.07, 6.45) is 1.50. The van der Waals surface area contributed by atoms with E-state index in [-0.39, 0.29) is 0 Å². The van der Waals surface area contributed by atoms with Gasteiger partial charge in [-0.1, -0.05) is 0 Å². The third-order valence-corrected chi connectivity index (χ3v) is 1.74. The van der Waals surface area contributed by atoms with Crippen molar-refractivity contribution in [3.05, 3.63) is 23.0 Å². The molecule has 4 heteroatoms. The zero-order valence-electron chi connectivity index (χ0n) is 7.55. The van der Waals surface area contributed by atoms with Crippen LogP contribution in [-0.4, -0.2) is 17.6 Å². The van der Waals surface area contributed by atoms with Crippen LogP contribution >= 0.6 is 0 Å². The van der Waals surface area contributed by atoms with Gasteiger partial charge in [0.25, 0.3) is 0 Å². The van der Waals surface area contributed by atoms with E-state index in [1.165, 1.54) is 6.20 Å². The minimum atomic E-state index is -0.415. The van der Waals surface area contributed by atoms with Crippen LogP contribution in [0.2, 0.25) is 0 Å². The number of nitrogens with one attached hydrogen (secondary N) is 1. The van der Waals surface area contributed by atoms with Gasteiger partial charge in [-0.3, -0.25) is 0 Å². The molecule has 13 heavy (non-hydrogen) atoms. The molecular weight excluding hydrogens is 168 g/mol. The maximum atomic E-state index is 11.2. The zero-order chi connectivity index (χ0) is 9.84. The predicted molar refractivity (Wildman–Crippen MR) is 46.2 cm³/mol. The lowest BCUT2D eigenvalue weighted by molar-refractivity contribution is 0.0519. The van der Waals surface area contributed by atoms with Gasteiger partial charge in [0.15, 0.2) is 0 Å². The highest BCUT2D eigenvalue weighted by atomic mass is 16.5. The molecule has 1 aromatic heterocycles. The molecule has 0 aromatic carbocycles. The normalized spacial score (nSPS) is 9.31. The van der Waals surface area contributed by atoms with Crippen LogP contribution in [-0.2, 0) is 4.74 Å². The van der Waals surface area contributed by atoms with E-state index in [0.717, 1.165) is 0 Å². The smallest absolute Gasteiger partial charge is 0.355 e. The number of nitrogens with zero attached hydrogens (tertiary/aromatic N) is 1. The van der Waals surface area contributed by atoms with Crippen LogP contribution in [0.3, 0.4) is 0 Å². The molecule has 1 N–H and O–H groups in total. The van der Waals surface area contributed by atoms with Crippen molar-refractivity contribution in [1.29, 1.82) is 5.26 Å². The Hall–Kier alpha value is -1.76. The van der Waals surface area contributed by atoms with Gasteiger partial charge in [0.05, 0.1) is 12.2 Å². The summed E-state index contributed by atoms with van der Waals surface area (Å²) in [5.74, 6) is -0.415. The molecule has 1 rings (SSSR count). The summed E-state index contributed by atoms with van der Waals surface area (Å²) in [6.45, 7) is 3.78. The lowest BCUT2D eigenvalue weighted by Crippen LogP contribution is -2.06. The van der Waals surface area contributed by atoms with Crippen LogP contribution in [0, 0.1) is 18.3 Å². The molecule has 0 aliphatic carbocycles. The molecule has 0 saturated carbocycles. The van der Waals surface area contributed by atoms with Crippen LogP contribution in [0.25, 0.3) is 0 Å². The average Bonchev–Trinajstić information content (AvgIpc) is 2.47. The highest BCUT2D eigenvalue weighted by Crippen LogP contribution is 2.12. The Bertz CT molecular complexity index is 360. The van der Waals surface area contributed by atoms with Crippen molar-refractivity contribution in [1.82, 2.24) is 4.98 Å². The fourth-order valence-corrected chi connectivity index (χ4v) is 1.03. The monoisotopic (exact) mass is 178 g/mol. The molecule has 0 aliphatic heterocycles. The fraction of sp³-hybridized carbons (Fsp3) is 0.333. The first-order valence-corrected chi connectivity index (χ1v) is 3.95. The van der Waals surface area contributed by atoms with Crippen LogP contribution in [0.15, 0.2) is 6.20 Å². The highest BCUT2D eigenvalue weighted by molar-refractivity contribution is 5.89. The summed E-state index contributed by atoms with van der Waals surface area (Å²) in [7, 11) is 0. The standard InChI is InChI=1S/C9H10N2O2/c1-3-13-9(12)8-6(2)7(4-10)5-11-8/h5,11H,3H2,1-2H3. The Morgan fingerprint density at radius 1 is 1.77 bits per heavy atom. The fourth-order valence-electron chi connectivity index (χ4n) is 1.03. The highest BCUT2D eigenvalue weighted by Gasteiger charge is 2.14. The SMILES string of the molecule is CCOC(=O)c1[nH]cc(C#N)c1C. The Kier molecular flexibility index (Phi) is 2.70.